The molecule has 0 N–H and O–H groups in total. The third-order valence-electron chi connectivity index (χ3n) is 3.25. The fourth-order valence-electron chi connectivity index (χ4n) is 2.07. The first kappa shape index (κ1) is 19.5. The van der Waals surface area contributed by atoms with Crippen molar-refractivity contribution in [3.8, 4) is 17.1 Å². The van der Waals surface area contributed by atoms with E-state index in [0.29, 0.717) is 0 Å². The molecule has 0 aliphatic rings. The van der Waals surface area contributed by atoms with Crippen molar-refractivity contribution in [3.63, 3.8) is 0 Å². The van der Waals surface area contributed by atoms with Gasteiger partial charge in [0.25, 0.3) is 0 Å². The zero-order valence-corrected chi connectivity index (χ0v) is 14.5. The van der Waals surface area contributed by atoms with Crippen molar-refractivity contribution in [2.75, 3.05) is 7.11 Å². The summed E-state index contributed by atoms with van der Waals surface area (Å²) in [5, 5.41) is 4.09. The second-order valence-corrected chi connectivity index (χ2v) is 5.77. The van der Waals surface area contributed by atoms with Gasteiger partial charge in [0.1, 0.15) is 12.1 Å². The fraction of sp³-hybridized carbons (Fsp3) is 0.353. The third kappa shape index (κ3) is 4.84. The molecular weight excluding hydrogens is 351 g/mol. The van der Waals surface area contributed by atoms with E-state index in [1.807, 2.05) is 0 Å². The summed E-state index contributed by atoms with van der Waals surface area (Å²) in [4.78, 5) is 15.7. The molecule has 0 spiro atoms. The molecule has 0 saturated heterocycles. The lowest BCUT2D eigenvalue weighted by atomic mass is 10.1. The average Bonchev–Trinajstić information content (AvgIpc) is 3.01. The predicted octanol–water partition coefficient (Wildman–Crippen LogP) is 3.48. The van der Waals surface area contributed by atoms with Gasteiger partial charge in [-0.15, -0.1) is 0 Å². The van der Waals surface area contributed by atoms with E-state index in [0.717, 1.165) is 12.1 Å². The molecule has 0 saturated carbocycles. The monoisotopic (exact) mass is 369 g/mol. The lowest BCUT2D eigenvalue weighted by Gasteiger charge is -2.10. The Balaban J connectivity index is 2.24. The van der Waals surface area contributed by atoms with Crippen molar-refractivity contribution in [3.05, 3.63) is 42.2 Å². The summed E-state index contributed by atoms with van der Waals surface area (Å²) in [7, 11) is 1.27. The number of methoxy groups -OCH3 is 1. The van der Waals surface area contributed by atoms with Gasteiger partial charge < -0.3 is 9.47 Å². The van der Waals surface area contributed by atoms with Gasteiger partial charge in [-0.25, -0.2) is 14.5 Å². The van der Waals surface area contributed by atoms with E-state index in [-0.39, 0.29) is 35.4 Å². The van der Waals surface area contributed by atoms with Gasteiger partial charge in [-0.05, 0) is 32.0 Å². The molecule has 0 atom stereocenters. The van der Waals surface area contributed by atoms with Crippen LogP contribution >= 0.6 is 0 Å². The van der Waals surface area contributed by atoms with E-state index in [1.165, 1.54) is 24.2 Å². The molecule has 140 valence electrons. The molecule has 0 bridgehead atoms. The quantitative estimate of drug-likeness (QED) is 0.576. The Hall–Kier alpha value is -2.84. The van der Waals surface area contributed by atoms with Crippen LogP contribution < -0.4 is 4.74 Å². The number of halogens is 3. The van der Waals surface area contributed by atoms with Gasteiger partial charge in [0.2, 0.25) is 0 Å². The first-order valence-electron chi connectivity index (χ1n) is 7.65. The zero-order valence-electron chi connectivity index (χ0n) is 14.5. The summed E-state index contributed by atoms with van der Waals surface area (Å²) in [6.07, 6.45) is -3.51. The Bertz CT molecular complexity index is 813. The molecule has 2 rings (SSSR count). The van der Waals surface area contributed by atoms with E-state index in [9.17, 15) is 18.0 Å². The van der Waals surface area contributed by atoms with Gasteiger partial charge >= 0.3 is 12.1 Å². The summed E-state index contributed by atoms with van der Waals surface area (Å²) in [5.74, 6) is -0.465. The van der Waals surface area contributed by atoms with Crippen LogP contribution in [0.3, 0.4) is 0 Å². The summed E-state index contributed by atoms with van der Waals surface area (Å²) in [6.45, 7) is 7.05. The number of hydrogen-bond donors (Lipinski definition) is 0. The van der Waals surface area contributed by atoms with Gasteiger partial charge in [0.05, 0.1) is 30.9 Å². The Morgan fingerprint density at radius 1 is 1.31 bits per heavy atom. The molecule has 0 unspecified atom stereocenters. The van der Waals surface area contributed by atoms with Gasteiger partial charge in [-0.2, -0.15) is 18.3 Å². The Morgan fingerprint density at radius 3 is 2.58 bits per heavy atom. The van der Waals surface area contributed by atoms with Crippen molar-refractivity contribution in [1.29, 1.82) is 0 Å². The van der Waals surface area contributed by atoms with E-state index < -0.39 is 17.7 Å². The van der Waals surface area contributed by atoms with Crippen LogP contribution in [0.25, 0.3) is 11.4 Å². The largest absolute Gasteiger partial charge is 0.497 e. The topological polar surface area (TPSA) is 66.2 Å². The Kier molecular flexibility index (Phi) is 5.69. The number of hydrogen-bond acceptors (Lipinski definition) is 5. The van der Waals surface area contributed by atoms with Crippen molar-refractivity contribution in [1.82, 2.24) is 14.8 Å². The molecule has 6 nitrogen and oxygen atoms in total. The van der Waals surface area contributed by atoms with Crippen LogP contribution in [-0.2, 0) is 22.3 Å². The average molecular weight is 369 g/mol. The van der Waals surface area contributed by atoms with Gasteiger partial charge in [0.15, 0.2) is 5.82 Å². The molecule has 1 heterocycles. The van der Waals surface area contributed by atoms with E-state index in [4.69, 9.17) is 9.47 Å². The van der Waals surface area contributed by atoms with Gasteiger partial charge in [-0.3, -0.25) is 0 Å². The number of carbonyl (C=O) groups excluding carboxylic acids is 1. The molecule has 1 aromatic carbocycles. The number of rotatable bonds is 6. The molecule has 0 aliphatic heterocycles. The lowest BCUT2D eigenvalue weighted by Crippen LogP contribution is -2.16. The molecular formula is C17H18F3N3O3. The highest BCUT2D eigenvalue weighted by molar-refractivity contribution is 5.87. The second-order valence-electron chi connectivity index (χ2n) is 5.77. The first-order valence-corrected chi connectivity index (χ1v) is 7.65. The van der Waals surface area contributed by atoms with Crippen molar-refractivity contribution < 1.29 is 27.4 Å². The number of carbonyl (C=O) groups is 1. The molecule has 0 radical (unpaired) electrons. The molecule has 9 heteroatoms. The number of ether oxygens (including phenoxy) is 2. The highest BCUT2D eigenvalue weighted by Gasteiger charge is 2.32. The van der Waals surface area contributed by atoms with Crippen LogP contribution in [0.4, 0.5) is 13.2 Å². The van der Waals surface area contributed by atoms with Gasteiger partial charge in [0, 0.05) is 5.56 Å². The summed E-state index contributed by atoms with van der Waals surface area (Å²) >= 11 is 0. The number of aromatic nitrogens is 3. The minimum atomic E-state index is -4.53. The number of nitrogens with zero attached hydrogens (tertiary/aromatic N) is 3. The molecule has 0 aliphatic carbocycles. The highest BCUT2D eigenvalue weighted by Crippen LogP contribution is 2.34. The zero-order chi connectivity index (χ0) is 19.5. The summed E-state index contributed by atoms with van der Waals surface area (Å²) < 4.78 is 50.2. The van der Waals surface area contributed by atoms with Crippen LogP contribution in [0.2, 0.25) is 0 Å². The molecule has 26 heavy (non-hydrogen) atoms. The second kappa shape index (κ2) is 7.59. The minimum Gasteiger partial charge on any atom is -0.497 e. The standard InChI is InChI=1S/C17H18F3N3O3/c1-10(2)26-16(24)11(3)8-23-9-21-15(22-23)12-5-13(17(18,19)20)7-14(6-12)25-4/h5-7,9-10H,3,8H2,1-2,4H3. The van der Waals surface area contributed by atoms with Crippen molar-refractivity contribution in [2.45, 2.75) is 32.7 Å². The van der Waals surface area contributed by atoms with Crippen molar-refractivity contribution >= 4 is 5.97 Å². The van der Waals surface area contributed by atoms with Crippen LogP contribution in [0.1, 0.15) is 19.4 Å². The third-order valence-corrected chi connectivity index (χ3v) is 3.25. The normalized spacial score (nSPS) is 11.5. The van der Waals surface area contributed by atoms with E-state index >= 15 is 0 Å². The van der Waals surface area contributed by atoms with E-state index in [2.05, 4.69) is 16.7 Å². The van der Waals surface area contributed by atoms with Crippen molar-refractivity contribution in [2.24, 2.45) is 0 Å². The molecule has 0 amide bonds. The maximum atomic E-state index is 13.0. The highest BCUT2D eigenvalue weighted by atomic mass is 19.4. The van der Waals surface area contributed by atoms with E-state index in [1.54, 1.807) is 13.8 Å². The van der Waals surface area contributed by atoms with Crippen LogP contribution in [0, 0.1) is 0 Å². The predicted molar refractivity (Wildman–Crippen MR) is 87.4 cm³/mol. The minimum absolute atomic E-state index is 0.00858. The maximum Gasteiger partial charge on any atom is 0.416 e. The number of esters is 1. The number of alkyl halides is 3. The summed E-state index contributed by atoms with van der Waals surface area (Å²) in [5.41, 5.74) is -0.573. The van der Waals surface area contributed by atoms with Crippen LogP contribution in [0.15, 0.2) is 36.7 Å². The molecule has 0 fully saturated rings. The fourth-order valence-corrected chi connectivity index (χ4v) is 2.07. The SMILES string of the molecule is C=C(Cn1cnc(-c2cc(OC)cc(C(F)(F)F)c2)n1)C(=O)OC(C)C. The first-order chi connectivity index (χ1) is 12.1. The number of benzene rings is 1. The maximum absolute atomic E-state index is 13.0. The Morgan fingerprint density at radius 2 is 2.00 bits per heavy atom. The smallest absolute Gasteiger partial charge is 0.416 e. The Labute approximate surface area is 148 Å². The molecule has 2 aromatic rings. The summed E-state index contributed by atoms with van der Waals surface area (Å²) in [6, 6.07) is 3.23. The van der Waals surface area contributed by atoms with Crippen LogP contribution in [-0.4, -0.2) is 33.9 Å². The lowest BCUT2D eigenvalue weighted by molar-refractivity contribution is -0.143. The van der Waals surface area contributed by atoms with Crippen LogP contribution in [0.5, 0.6) is 5.75 Å². The van der Waals surface area contributed by atoms with Gasteiger partial charge in [-0.1, -0.05) is 6.58 Å². The molecule has 1 aromatic heterocycles.